The highest BCUT2D eigenvalue weighted by atomic mass is 16.2. The van der Waals surface area contributed by atoms with Gasteiger partial charge in [0, 0.05) is 23.6 Å². The van der Waals surface area contributed by atoms with E-state index in [-0.39, 0.29) is 12.5 Å². The number of fused-ring (bicyclic) bond motifs is 1. The number of aromatic amines is 1. The Morgan fingerprint density at radius 2 is 1.80 bits per heavy atom. The van der Waals surface area contributed by atoms with Crippen molar-refractivity contribution in [2.45, 2.75) is 25.3 Å². The molecule has 30 heavy (non-hydrogen) atoms. The molecule has 0 spiro atoms. The maximum Gasteiger partial charge on any atom is 0.325 e. The number of nitrogens with one attached hydrogen (secondary N) is 3. The van der Waals surface area contributed by atoms with Crippen molar-refractivity contribution in [2.24, 2.45) is 0 Å². The van der Waals surface area contributed by atoms with Gasteiger partial charge in [-0.15, -0.1) is 0 Å². The number of H-pyrrole nitrogens is 1. The van der Waals surface area contributed by atoms with E-state index >= 15 is 0 Å². The number of carbonyl (C=O) groups excluding carboxylic acids is 3. The highest BCUT2D eigenvalue weighted by molar-refractivity contribution is 6.09. The summed E-state index contributed by atoms with van der Waals surface area (Å²) in [4.78, 5) is 42.2. The van der Waals surface area contributed by atoms with Gasteiger partial charge in [0.15, 0.2) is 0 Å². The number of rotatable bonds is 7. The molecule has 7 nitrogen and oxygen atoms in total. The van der Waals surface area contributed by atoms with Crippen molar-refractivity contribution in [3.63, 3.8) is 0 Å². The molecular weight excluding hydrogens is 380 g/mol. The second kappa shape index (κ2) is 8.02. The molecular formula is C23H24N4O3. The fourth-order valence-electron chi connectivity index (χ4n) is 4.01. The molecule has 1 aliphatic heterocycles. The molecule has 2 heterocycles. The predicted molar refractivity (Wildman–Crippen MR) is 114 cm³/mol. The van der Waals surface area contributed by atoms with Gasteiger partial charge >= 0.3 is 6.03 Å². The van der Waals surface area contributed by atoms with E-state index < -0.39 is 17.5 Å². The lowest BCUT2D eigenvalue weighted by atomic mass is 9.87. The first-order valence-corrected chi connectivity index (χ1v) is 10.1. The van der Waals surface area contributed by atoms with Crippen LogP contribution >= 0.6 is 0 Å². The molecule has 4 rings (SSSR count). The Morgan fingerprint density at radius 3 is 2.57 bits per heavy atom. The molecule has 3 N–H and O–H groups in total. The SMILES string of the molecule is CC[C@]1(c2ccccc2)NC(=O)N(CC(=O)NCCc2c[nH]c3ccccc23)C1=O. The second-order valence-corrected chi connectivity index (χ2v) is 7.41. The number of amides is 4. The first-order chi connectivity index (χ1) is 14.5. The summed E-state index contributed by atoms with van der Waals surface area (Å²) in [6, 6.07) is 16.6. The van der Waals surface area contributed by atoms with Crippen molar-refractivity contribution in [1.29, 1.82) is 0 Å². The first-order valence-electron chi connectivity index (χ1n) is 10.1. The van der Waals surface area contributed by atoms with Crippen LogP contribution in [0.5, 0.6) is 0 Å². The lowest BCUT2D eigenvalue weighted by molar-refractivity contribution is -0.135. The van der Waals surface area contributed by atoms with Gasteiger partial charge < -0.3 is 15.6 Å². The van der Waals surface area contributed by atoms with Crippen molar-refractivity contribution >= 4 is 28.7 Å². The highest BCUT2D eigenvalue weighted by Crippen LogP contribution is 2.32. The van der Waals surface area contributed by atoms with Crippen molar-refractivity contribution in [2.75, 3.05) is 13.1 Å². The quantitative estimate of drug-likeness (QED) is 0.529. The number of para-hydroxylation sites is 1. The molecule has 1 aliphatic rings. The number of hydrogen-bond acceptors (Lipinski definition) is 3. The minimum Gasteiger partial charge on any atom is -0.361 e. The minimum absolute atomic E-state index is 0.298. The Bertz CT molecular complexity index is 1090. The van der Waals surface area contributed by atoms with E-state index in [1.165, 1.54) is 0 Å². The van der Waals surface area contributed by atoms with E-state index in [1.807, 2.05) is 67.7 Å². The summed E-state index contributed by atoms with van der Waals surface area (Å²) in [7, 11) is 0. The number of carbonyl (C=O) groups is 3. The lowest BCUT2D eigenvalue weighted by Gasteiger charge is -2.25. The number of imide groups is 1. The Morgan fingerprint density at radius 1 is 1.07 bits per heavy atom. The van der Waals surface area contributed by atoms with Crippen LogP contribution in [0.4, 0.5) is 4.79 Å². The molecule has 154 valence electrons. The maximum atomic E-state index is 13.1. The molecule has 0 bridgehead atoms. The third-order valence-corrected chi connectivity index (χ3v) is 5.67. The van der Waals surface area contributed by atoms with Crippen LogP contribution in [0.3, 0.4) is 0 Å². The molecule has 1 fully saturated rings. The molecule has 0 aliphatic carbocycles. The number of hydrogen-bond donors (Lipinski definition) is 3. The van der Waals surface area contributed by atoms with Crippen LogP contribution in [-0.4, -0.2) is 40.8 Å². The standard InChI is InChI=1S/C23H24N4O3/c1-2-23(17-8-4-3-5-9-17)21(29)27(22(30)26-23)15-20(28)24-13-12-16-14-25-19-11-7-6-10-18(16)19/h3-11,14,25H,2,12-13,15H2,1H3,(H,24,28)(H,26,30)/t23-/m1/s1. The maximum absolute atomic E-state index is 13.1. The van der Waals surface area contributed by atoms with E-state index in [1.54, 1.807) is 0 Å². The zero-order valence-corrected chi connectivity index (χ0v) is 16.8. The van der Waals surface area contributed by atoms with E-state index in [0.29, 0.717) is 24.9 Å². The Labute approximate surface area is 174 Å². The first kappa shape index (κ1) is 19.7. The molecule has 7 heteroatoms. The molecule has 0 unspecified atom stereocenters. The summed E-state index contributed by atoms with van der Waals surface area (Å²) in [5.41, 5.74) is 1.75. The number of nitrogens with zero attached hydrogens (tertiary/aromatic N) is 1. The van der Waals surface area contributed by atoms with Crippen molar-refractivity contribution in [3.05, 3.63) is 71.9 Å². The zero-order chi connectivity index (χ0) is 21.1. The van der Waals surface area contributed by atoms with Crippen LogP contribution in [0.15, 0.2) is 60.8 Å². The van der Waals surface area contributed by atoms with E-state index in [0.717, 1.165) is 21.4 Å². The van der Waals surface area contributed by atoms with E-state index in [9.17, 15) is 14.4 Å². The summed E-state index contributed by atoms with van der Waals surface area (Å²) in [5.74, 6) is -0.758. The molecule has 1 atom stereocenters. The minimum atomic E-state index is -1.12. The molecule has 4 amide bonds. The fraction of sp³-hybridized carbons (Fsp3) is 0.261. The van der Waals surface area contributed by atoms with Gasteiger partial charge in [0.05, 0.1) is 0 Å². The largest absolute Gasteiger partial charge is 0.361 e. The van der Waals surface area contributed by atoms with Crippen LogP contribution in [0.1, 0.15) is 24.5 Å². The molecule has 0 saturated carbocycles. The van der Waals surface area contributed by atoms with Gasteiger partial charge in [-0.25, -0.2) is 4.79 Å². The van der Waals surface area contributed by atoms with Crippen molar-refractivity contribution < 1.29 is 14.4 Å². The summed E-state index contributed by atoms with van der Waals surface area (Å²) >= 11 is 0. The normalized spacial score (nSPS) is 18.6. The number of aromatic nitrogens is 1. The Kier molecular flexibility index (Phi) is 5.27. The van der Waals surface area contributed by atoms with E-state index in [4.69, 9.17) is 0 Å². The van der Waals surface area contributed by atoms with Gasteiger partial charge in [0.25, 0.3) is 5.91 Å². The number of urea groups is 1. The molecule has 2 aromatic carbocycles. The summed E-state index contributed by atoms with van der Waals surface area (Å²) in [6.45, 7) is 1.96. The van der Waals surface area contributed by atoms with Crippen molar-refractivity contribution in [1.82, 2.24) is 20.5 Å². The van der Waals surface area contributed by atoms with Gasteiger partial charge in [-0.3, -0.25) is 14.5 Å². The van der Waals surface area contributed by atoms with Gasteiger partial charge in [-0.1, -0.05) is 55.5 Å². The van der Waals surface area contributed by atoms with Crippen LogP contribution < -0.4 is 10.6 Å². The smallest absolute Gasteiger partial charge is 0.325 e. The molecule has 1 saturated heterocycles. The van der Waals surface area contributed by atoms with Crippen LogP contribution in [0.25, 0.3) is 10.9 Å². The Balaban J connectivity index is 1.38. The van der Waals surface area contributed by atoms with Crippen LogP contribution in [0, 0.1) is 0 Å². The summed E-state index contributed by atoms with van der Waals surface area (Å²) in [6.07, 6.45) is 2.99. The van der Waals surface area contributed by atoms with Crippen LogP contribution in [0.2, 0.25) is 0 Å². The van der Waals surface area contributed by atoms with Gasteiger partial charge in [-0.05, 0) is 30.0 Å². The monoisotopic (exact) mass is 404 g/mol. The summed E-state index contributed by atoms with van der Waals surface area (Å²) < 4.78 is 0. The molecule has 1 aromatic heterocycles. The molecule has 0 radical (unpaired) electrons. The van der Waals surface area contributed by atoms with Gasteiger partial charge in [0.2, 0.25) is 5.91 Å². The third-order valence-electron chi connectivity index (χ3n) is 5.67. The average Bonchev–Trinajstić information content (AvgIpc) is 3.29. The fourth-order valence-corrected chi connectivity index (χ4v) is 4.01. The average molecular weight is 404 g/mol. The van der Waals surface area contributed by atoms with Gasteiger partial charge in [0.1, 0.15) is 12.1 Å². The lowest BCUT2D eigenvalue weighted by Crippen LogP contribution is -2.45. The topological polar surface area (TPSA) is 94.3 Å². The predicted octanol–water partition coefficient (Wildman–Crippen LogP) is 2.68. The highest BCUT2D eigenvalue weighted by Gasteiger charge is 2.51. The van der Waals surface area contributed by atoms with Gasteiger partial charge in [-0.2, -0.15) is 0 Å². The summed E-state index contributed by atoms with van der Waals surface area (Å²) in [5, 5.41) is 6.72. The molecule has 3 aromatic rings. The van der Waals surface area contributed by atoms with Crippen molar-refractivity contribution in [3.8, 4) is 0 Å². The third kappa shape index (κ3) is 3.43. The number of benzene rings is 2. The zero-order valence-electron chi connectivity index (χ0n) is 16.8. The van der Waals surface area contributed by atoms with E-state index in [2.05, 4.69) is 15.6 Å². The second-order valence-electron chi connectivity index (χ2n) is 7.41. The van der Waals surface area contributed by atoms with Crippen LogP contribution in [-0.2, 0) is 21.5 Å². The Hall–Kier alpha value is -3.61.